The highest BCUT2D eigenvalue weighted by molar-refractivity contribution is 5.75. The van der Waals surface area contributed by atoms with Gasteiger partial charge in [-0.15, -0.1) is 0 Å². The molecule has 1 aliphatic carbocycles. The minimum Gasteiger partial charge on any atom is -0.512 e. The normalized spacial score (nSPS) is 16.4. The molecule has 0 heterocycles. The first-order chi connectivity index (χ1) is 8.66. The van der Waals surface area contributed by atoms with Crippen LogP contribution in [-0.2, 0) is 4.79 Å². The molecule has 3 N–H and O–H groups in total. The zero-order valence-electron chi connectivity index (χ0n) is 9.84. The van der Waals surface area contributed by atoms with Gasteiger partial charge in [0.05, 0.1) is 5.76 Å². The Morgan fingerprint density at radius 1 is 1.17 bits per heavy atom. The van der Waals surface area contributed by atoms with E-state index in [1.807, 2.05) is 24.3 Å². The summed E-state index contributed by atoms with van der Waals surface area (Å²) in [7, 11) is 0. The molecule has 1 unspecified atom stereocenters. The van der Waals surface area contributed by atoms with E-state index in [1.54, 1.807) is 18.2 Å². The molecule has 2 rings (SSSR count). The van der Waals surface area contributed by atoms with Crippen LogP contribution < -0.4 is 5.32 Å². The van der Waals surface area contributed by atoms with Gasteiger partial charge in [0.25, 0.3) is 0 Å². The van der Waals surface area contributed by atoms with Crippen LogP contribution in [0.15, 0.2) is 53.9 Å². The van der Waals surface area contributed by atoms with E-state index in [1.165, 1.54) is 0 Å². The molecule has 0 fully saturated rings. The van der Waals surface area contributed by atoms with E-state index in [4.69, 9.17) is 0 Å². The fourth-order valence-corrected chi connectivity index (χ4v) is 1.86. The number of carboxylic acid groups (broad SMARTS) is 1. The smallest absolute Gasteiger partial charge is 0.330 e. The van der Waals surface area contributed by atoms with Crippen LogP contribution in [0, 0.1) is 0 Å². The maximum absolute atomic E-state index is 11.3. The monoisotopic (exact) mass is 245 g/mol. The fourth-order valence-electron chi connectivity index (χ4n) is 1.86. The predicted molar refractivity (Wildman–Crippen MR) is 68.0 cm³/mol. The molecule has 94 valence electrons. The second-order valence-corrected chi connectivity index (χ2v) is 4.16. The molecular weight excluding hydrogens is 230 g/mol. The summed E-state index contributed by atoms with van der Waals surface area (Å²) in [6.45, 7) is 0. The summed E-state index contributed by atoms with van der Waals surface area (Å²) in [4.78, 5) is 11.3. The fraction of sp³-hybridized carbons (Fsp3) is 0.214. The van der Waals surface area contributed by atoms with Crippen molar-refractivity contribution in [3.05, 3.63) is 59.5 Å². The Balaban J connectivity index is 2.11. The largest absolute Gasteiger partial charge is 0.512 e. The number of aliphatic hydroxyl groups is 1. The number of carboxylic acids is 1. The lowest BCUT2D eigenvalue weighted by atomic mass is 10.0. The maximum atomic E-state index is 11.3. The first kappa shape index (κ1) is 12.2. The predicted octanol–water partition coefficient (Wildman–Crippen LogP) is 2.52. The topological polar surface area (TPSA) is 69.6 Å². The van der Waals surface area contributed by atoms with Gasteiger partial charge in [0, 0.05) is 18.5 Å². The Kier molecular flexibility index (Phi) is 3.67. The third-order valence-electron chi connectivity index (χ3n) is 2.82. The number of allylic oxidation sites excluding steroid dienone is 2. The number of aliphatic carboxylic acids is 1. The van der Waals surface area contributed by atoms with E-state index in [0.717, 1.165) is 5.70 Å². The molecule has 0 spiro atoms. The molecule has 0 amide bonds. The Hall–Kier alpha value is -2.23. The highest BCUT2D eigenvalue weighted by atomic mass is 16.4. The number of hydrogen-bond donors (Lipinski definition) is 3. The summed E-state index contributed by atoms with van der Waals surface area (Å²) in [5, 5.41) is 21.5. The Morgan fingerprint density at radius 2 is 1.89 bits per heavy atom. The van der Waals surface area contributed by atoms with Crippen molar-refractivity contribution in [2.75, 3.05) is 0 Å². The SMILES string of the molecule is O=C(O)C(NC1=CCC(O)=CC1)c1ccccc1. The van der Waals surface area contributed by atoms with Gasteiger partial charge in [-0.25, -0.2) is 4.79 Å². The minimum absolute atomic E-state index is 0.326. The highest BCUT2D eigenvalue weighted by Gasteiger charge is 2.20. The van der Waals surface area contributed by atoms with Gasteiger partial charge in [-0.2, -0.15) is 0 Å². The molecule has 18 heavy (non-hydrogen) atoms. The summed E-state index contributed by atoms with van der Waals surface area (Å²) >= 11 is 0. The molecular formula is C14H15NO3. The van der Waals surface area contributed by atoms with E-state index in [0.29, 0.717) is 24.2 Å². The number of aliphatic hydroxyl groups excluding tert-OH is 1. The summed E-state index contributed by atoms with van der Waals surface area (Å²) in [6, 6.07) is 8.28. The highest BCUT2D eigenvalue weighted by Crippen LogP contribution is 2.19. The Labute approximate surface area is 105 Å². The van der Waals surface area contributed by atoms with Crippen LogP contribution >= 0.6 is 0 Å². The quantitative estimate of drug-likeness (QED) is 0.762. The van der Waals surface area contributed by atoms with Gasteiger partial charge < -0.3 is 15.5 Å². The van der Waals surface area contributed by atoms with E-state index in [9.17, 15) is 15.0 Å². The van der Waals surface area contributed by atoms with Crippen molar-refractivity contribution in [2.45, 2.75) is 18.9 Å². The molecule has 1 aromatic carbocycles. The summed E-state index contributed by atoms with van der Waals surface area (Å²) in [5.74, 6) is -0.590. The minimum atomic E-state index is -0.916. The van der Waals surface area contributed by atoms with Gasteiger partial charge in [0.2, 0.25) is 0 Å². The second kappa shape index (κ2) is 5.40. The van der Waals surface area contributed by atoms with Gasteiger partial charge in [-0.3, -0.25) is 0 Å². The molecule has 0 bridgehead atoms. The first-order valence-corrected chi connectivity index (χ1v) is 5.78. The van der Waals surface area contributed by atoms with E-state index in [-0.39, 0.29) is 0 Å². The number of hydrogen-bond acceptors (Lipinski definition) is 3. The molecule has 1 atom stereocenters. The molecule has 0 radical (unpaired) electrons. The summed E-state index contributed by atoms with van der Waals surface area (Å²) in [5.41, 5.74) is 1.54. The Bertz CT molecular complexity index is 491. The van der Waals surface area contributed by atoms with Crippen molar-refractivity contribution < 1.29 is 15.0 Å². The van der Waals surface area contributed by atoms with Gasteiger partial charge in [-0.05, 0) is 11.6 Å². The molecule has 0 saturated heterocycles. The van der Waals surface area contributed by atoms with Crippen molar-refractivity contribution in [1.29, 1.82) is 0 Å². The van der Waals surface area contributed by atoms with E-state index in [2.05, 4.69) is 5.32 Å². The van der Waals surface area contributed by atoms with Gasteiger partial charge >= 0.3 is 5.97 Å². The molecule has 0 aliphatic heterocycles. The van der Waals surface area contributed by atoms with E-state index < -0.39 is 12.0 Å². The standard InChI is InChI=1S/C14H15NO3/c16-12-8-6-11(7-9-12)15-13(14(17)18)10-4-2-1-3-5-10/h1-6,9,13,15-16H,7-8H2,(H,17,18). The van der Waals surface area contributed by atoms with Crippen molar-refractivity contribution in [1.82, 2.24) is 5.32 Å². The van der Waals surface area contributed by atoms with Crippen LogP contribution in [0.5, 0.6) is 0 Å². The zero-order chi connectivity index (χ0) is 13.0. The molecule has 0 saturated carbocycles. The lowest BCUT2D eigenvalue weighted by Gasteiger charge is -2.19. The lowest BCUT2D eigenvalue weighted by Crippen LogP contribution is -2.28. The second-order valence-electron chi connectivity index (χ2n) is 4.16. The number of benzene rings is 1. The van der Waals surface area contributed by atoms with Crippen LogP contribution in [0.25, 0.3) is 0 Å². The third-order valence-corrected chi connectivity index (χ3v) is 2.82. The molecule has 0 aromatic heterocycles. The number of carbonyl (C=O) groups is 1. The molecule has 1 aliphatic rings. The van der Waals surface area contributed by atoms with Gasteiger partial charge in [-0.1, -0.05) is 36.4 Å². The summed E-state index contributed by atoms with van der Waals surface area (Å²) < 4.78 is 0. The van der Waals surface area contributed by atoms with Crippen LogP contribution in [-0.4, -0.2) is 16.2 Å². The van der Waals surface area contributed by atoms with Crippen molar-refractivity contribution >= 4 is 5.97 Å². The van der Waals surface area contributed by atoms with Crippen LogP contribution in [0.3, 0.4) is 0 Å². The summed E-state index contributed by atoms with van der Waals surface area (Å²) in [6.07, 6.45) is 4.48. The van der Waals surface area contributed by atoms with Crippen LogP contribution in [0.4, 0.5) is 0 Å². The number of rotatable bonds is 4. The number of nitrogens with one attached hydrogen (secondary N) is 1. The third kappa shape index (κ3) is 2.91. The van der Waals surface area contributed by atoms with Crippen LogP contribution in [0.1, 0.15) is 24.4 Å². The van der Waals surface area contributed by atoms with Crippen molar-refractivity contribution in [2.24, 2.45) is 0 Å². The van der Waals surface area contributed by atoms with Gasteiger partial charge in [0.15, 0.2) is 0 Å². The van der Waals surface area contributed by atoms with Crippen molar-refractivity contribution in [3.8, 4) is 0 Å². The molecule has 1 aromatic rings. The van der Waals surface area contributed by atoms with Gasteiger partial charge in [0.1, 0.15) is 6.04 Å². The Morgan fingerprint density at radius 3 is 2.44 bits per heavy atom. The first-order valence-electron chi connectivity index (χ1n) is 5.78. The van der Waals surface area contributed by atoms with Crippen molar-refractivity contribution in [3.63, 3.8) is 0 Å². The average Bonchev–Trinajstić information content (AvgIpc) is 2.38. The lowest BCUT2D eigenvalue weighted by molar-refractivity contribution is -0.139. The molecule has 4 nitrogen and oxygen atoms in total. The zero-order valence-corrected chi connectivity index (χ0v) is 9.84. The molecule has 4 heteroatoms. The maximum Gasteiger partial charge on any atom is 0.330 e. The van der Waals surface area contributed by atoms with E-state index >= 15 is 0 Å². The van der Waals surface area contributed by atoms with Crippen LogP contribution in [0.2, 0.25) is 0 Å². The average molecular weight is 245 g/mol.